The van der Waals surface area contributed by atoms with E-state index in [1.807, 2.05) is 6.92 Å². The van der Waals surface area contributed by atoms with Crippen LogP contribution in [0.5, 0.6) is 0 Å². The molecular formula is C14H22N4O4. The molecule has 0 saturated carbocycles. The first-order chi connectivity index (χ1) is 10.7. The molecule has 0 atom stereocenters. The minimum absolute atomic E-state index is 0.212. The fraction of sp³-hybridized carbons (Fsp3) is 0.714. The van der Waals surface area contributed by atoms with Crippen LogP contribution in [-0.2, 0) is 16.0 Å². The van der Waals surface area contributed by atoms with Gasteiger partial charge in [-0.05, 0) is 6.92 Å². The molecule has 1 aromatic heterocycles. The zero-order chi connectivity index (χ0) is 15.4. The van der Waals surface area contributed by atoms with Crippen molar-refractivity contribution in [3.05, 3.63) is 17.5 Å². The third-order valence-electron chi connectivity index (χ3n) is 3.90. The summed E-state index contributed by atoms with van der Waals surface area (Å²) < 4.78 is 16.4. The first-order valence-corrected chi connectivity index (χ1v) is 7.59. The Morgan fingerprint density at radius 1 is 1.41 bits per heavy atom. The average Bonchev–Trinajstić information content (AvgIpc) is 3.21. The number of urea groups is 1. The van der Waals surface area contributed by atoms with Crippen molar-refractivity contribution < 1.29 is 18.8 Å². The van der Waals surface area contributed by atoms with E-state index < -0.39 is 5.79 Å². The van der Waals surface area contributed by atoms with Crippen molar-refractivity contribution in [3.8, 4) is 0 Å². The summed E-state index contributed by atoms with van der Waals surface area (Å²) >= 11 is 0. The van der Waals surface area contributed by atoms with Crippen molar-refractivity contribution in [3.63, 3.8) is 0 Å². The molecule has 3 heterocycles. The summed E-state index contributed by atoms with van der Waals surface area (Å²) in [7, 11) is 0. The van der Waals surface area contributed by atoms with Crippen molar-refractivity contribution in [2.24, 2.45) is 0 Å². The van der Waals surface area contributed by atoms with E-state index in [1.54, 1.807) is 6.07 Å². The van der Waals surface area contributed by atoms with Gasteiger partial charge in [-0.2, -0.15) is 0 Å². The van der Waals surface area contributed by atoms with E-state index in [4.69, 9.17) is 14.0 Å². The Morgan fingerprint density at radius 2 is 2.23 bits per heavy atom. The van der Waals surface area contributed by atoms with Gasteiger partial charge in [0.2, 0.25) is 0 Å². The summed E-state index contributed by atoms with van der Waals surface area (Å²) in [5, 5.41) is 9.33. The van der Waals surface area contributed by atoms with Crippen LogP contribution in [0.3, 0.4) is 0 Å². The molecule has 3 rings (SSSR count). The molecule has 2 amide bonds. The number of hydrogen-bond acceptors (Lipinski definition) is 6. The molecule has 1 aromatic rings. The number of rotatable bonds is 5. The number of likely N-dealkylation sites (tertiary alicyclic amines) is 1. The molecule has 2 aliphatic heterocycles. The van der Waals surface area contributed by atoms with Gasteiger partial charge in [-0.15, -0.1) is 0 Å². The van der Waals surface area contributed by atoms with Gasteiger partial charge in [0.05, 0.1) is 32.0 Å². The Labute approximate surface area is 129 Å². The van der Waals surface area contributed by atoms with Gasteiger partial charge in [-0.3, -0.25) is 4.90 Å². The Balaban J connectivity index is 1.30. The highest BCUT2D eigenvalue weighted by atomic mass is 16.7. The number of amides is 2. The van der Waals surface area contributed by atoms with Gasteiger partial charge in [0, 0.05) is 32.1 Å². The van der Waals surface area contributed by atoms with Gasteiger partial charge in [-0.25, -0.2) is 4.79 Å². The number of carbonyl (C=O) groups excluding carboxylic acids is 1. The molecule has 2 saturated heterocycles. The molecule has 0 aromatic carbocycles. The Kier molecular flexibility index (Phi) is 4.60. The molecule has 0 aliphatic carbocycles. The highest BCUT2D eigenvalue weighted by molar-refractivity contribution is 5.73. The average molecular weight is 310 g/mol. The van der Waals surface area contributed by atoms with Crippen molar-refractivity contribution in [1.29, 1.82) is 0 Å². The number of aryl methyl sites for hydroxylation is 1. The van der Waals surface area contributed by atoms with Crippen LogP contribution in [0, 0.1) is 6.92 Å². The predicted octanol–water partition coefficient (Wildman–Crippen LogP) is 0.231. The largest absolute Gasteiger partial charge is 0.359 e. The topological polar surface area (TPSA) is 88.9 Å². The zero-order valence-electron chi connectivity index (χ0n) is 12.8. The van der Waals surface area contributed by atoms with Crippen LogP contribution in [0.15, 0.2) is 10.6 Å². The molecule has 2 fully saturated rings. The maximum atomic E-state index is 11.7. The standard InChI is InChI=1S/C14H22N4O4/c1-11-8-12(22-17-11)9-16-13(19)15-3-5-18-4-2-14(10-18)20-6-7-21-14/h8H,2-7,9-10H2,1H3,(H2,15,16,19). The summed E-state index contributed by atoms with van der Waals surface area (Å²) in [5.41, 5.74) is 0.802. The maximum absolute atomic E-state index is 11.7. The molecule has 8 heteroatoms. The van der Waals surface area contributed by atoms with E-state index in [2.05, 4.69) is 20.7 Å². The lowest BCUT2D eigenvalue weighted by molar-refractivity contribution is -0.145. The molecule has 0 bridgehead atoms. The van der Waals surface area contributed by atoms with Crippen molar-refractivity contribution in [2.75, 3.05) is 39.4 Å². The van der Waals surface area contributed by atoms with Crippen LogP contribution >= 0.6 is 0 Å². The van der Waals surface area contributed by atoms with Crippen LogP contribution in [-0.4, -0.2) is 61.3 Å². The molecule has 2 aliphatic rings. The fourth-order valence-corrected chi connectivity index (χ4v) is 2.81. The Morgan fingerprint density at radius 3 is 2.95 bits per heavy atom. The second-order valence-electron chi connectivity index (χ2n) is 5.68. The first kappa shape index (κ1) is 15.3. The van der Waals surface area contributed by atoms with Gasteiger partial charge < -0.3 is 24.6 Å². The van der Waals surface area contributed by atoms with Crippen LogP contribution in [0.2, 0.25) is 0 Å². The lowest BCUT2D eigenvalue weighted by Crippen LogP contribution is -2.41. The molecule has 122 valence electrons. The second kappa shape index (κ2) is 6.64. The number of ether oxygens (including phenoxy) is 2. The Bertz CT molecular complexity index is 513. The third kappa shape index (κ3) is 3.76. The zero-order valence-corrected chi connectivity index (χ0v) is 12.8. The van der Waals surface area contributed by atoms with Crippen LogP contribution in [0.25, 0.3) is 0 Å². The summed E-state index contributed by atoms with van der Waals surface area (Å²) in [6.07, 6.45) is 0.893. The lowest BCUT2D eigenvalue weighted by Gasteiger charge is -2.22. The van der Waals surface area contributed by atoms with Crippen LogP contribution < -0.4 is 10.6 Å². The molecule has 0 radical (unpaired) electrons. The van der Waals surface area contributed by atoms with Crippen LogP contribution in [0.1, 0.15) is 17.9 Å². The first-order valence-electron chi connectivity index (χ1n) is 7.59. The van der Waals surface area contributed by atoms with E-state index in [0.29, 0.717) is 32.1 Å². The highest BCUT2D eigenvalue weighted by Gasteiger charge is 2.42. The quantitative estimate of drug-likeness (QED) is 0.809. The SMILES string of the molecule is Cc1cc(CNC(=O)NCCN2CCC3(C2)OCCO3)on1. The molecule has 8 nitrogen and oxygen atoms in total. The van der Waals surface area contributed by atoms with Crippen molar-refractivity contribution in [2.45, 2.75) is 25.7 Å². The summed E-state index contributed by atoms with van der Waals surface area (Å²) in [6, 6.07) is 1.59. The Hall–Kier alpha value is -1.64. The molecular weight excluding hydrogens is 288 g/mol. The van der Waals surface area contributed by atoms with Crippen molar-refractivity contribution >= 4 is 6.03 Å². The number of nitrogens with zero attached hydrogens (tertiary/aromatic N) is 2. The summed E-state index contributed by atoms with van der Waals surface area (Å²) in [5.74, 6) is 0.247. The minimum atomic E-state index is -0.396. The number of hydrogen-bond donors (Lipinski definition) is 2. The summed E-state index contributed by atoms with van der Waals surface area (Å²) in [6.45, 7) is 6.59. The fourth-order valence-electron chi connectivity index (χ4n) is 2.81. The van der Waals surface area contributed by atoms with E-state index >= 15 is 0 Å². The molecule has 0 unspecified atom stereocenters. The number of aromatic nitrogens is 1. The van der Waals surface area contributed by atoms with Gasteiger partial charge in [0.1, 0.15) is 0 Å². The van der Waals surface area contributed by atoms with Gasteiger partial charge in [-0.1, -0.05) is 5.16 Å². The normalized spacial score (nSPS) is 20.6. The molecule has 2 N–H and O–H groups in total. The number of nitrogens with one attached hydrogen (secondary N) is 2. The lowest BCUT2D eigenvalue weighted by atomic mass is 10.2. The van der Waals surface area contributed by atoms with Crippen molar-refractivity contribution in [1.82, 2.24) is 20.7 Å². The highest BCUT2D eigenvalue weighted by Crippen LogP contribution is 2.29. The van der Waals surface area contributed by atoms with Gasteiger partial charge in [0.15, 0.2) is 11.5 Å². The van der Waals surface area contributed by atoms with E-state index in [1.165, 1.54) is 0 Å². The van der Waals surface area contributed by atoms with Crippen LogP contribution in [0.4, 0.5) is 4.79 Å². The maximum Gasteiger partial charge on any atom is 0.315 e. The van der Waals surface area contributed by atoms with Gasteiger partial charge in [0.25, 0.3) is 0 Å². The van der Waals surface area contributed by atoms with Gasteiger partial charge >= 0.3 is 6.03 Å². The van der Waals surface area contributed by atoms with E-state index in [-0.39, 0.29) is 6.03 Å². The predicted molar refractivity (Wildman–Crippen MR) is 77.2 cm³/mol. The third-order valence-corrected chi connectivity index (χ3v) is 3.90. The summed E-state index contributed by atoms with van der Waals surface area (Å²) in [4.78, 5) is 13.9. The minimum Gasteiger partial charge on any atom is -0.359 e. The number of carbonyl (C=O) groups is 1. The van der Waals surface area contributed by atoms with E-state index in [9.17, 15) is 4.79 Å². The molecule has 22 heavy (non-hydrogen) atoms. The van der Waals surface area contributed by atoms with E-state index in [0.717, 1.165) is 31.7 Å². The monoisotopic (exact) mass is 310 g/mol. The second-order valence-corrected chi connectivity index (χ2v) is 5.68. The molecule has 1 spiro atoms. The smallest absolute Gasteiger partial charge is 0.315 e.